The Balaban J connectivity index is 2.05. The van der Waals surface area contributed by atoms with E-state index in [-0.39, 0.29) is 0 Å². The zero-order valence-electron chi connectivity index (χ0n) is 8.74. The Morgan fingerprint density at radius 2 is 2.40 bits per heavy atom. The molecule has 1 saturated carbocycles. The van der Waals surface area contributed by atoms with Crippen molar-refractivity contribution in [2.24, 2.45) is 0 Å². The van der Waals surface area contributed by atoms with Gasteiger partial charge >= 0.3 is 0 Å². The first-order chi connectivity index (χ1) is 7.31. The number of hydrogen-bond acceptors (Lipinski definition) is 3. The van der Waals surface area contributed by atoms with Crippen LogP contribution in [0.5, 0.6) is 0 Å². The van der Waals surface area contributed by atoms with Gasteiger partial charge in [-0.15, -0.1) is 0 Å². The largest absolute Gasteiger partial charge is 0.365 e. The summed E-state index contributed by atoms with van der Waals surface area (Å²) in [5, 5.41) is 4.27. The average Bonchev–Trinajstić information content (AvgIpc) is 2.69. The van der Waals surface area contributed by atoms with Gasteiger partial charge in [0, 0.05) is 17.5 Å². The number of pyridine rings is 1. The molecular weight excluding hydrogens is 272 g/mol. The number of hydrogen-bond donors (Lipinski definition) is 1. The molecule has 82 valence electrons. The van der Waals surface area contributed by atoms with Crippen LogP contribution in [-0.2, 0) is 0 Å². The second kappa shape index (κ2) is 5.21. The zero-order valence-corrected chi connectivity index (χ0v) is 11.1. The van der Waals surface area contributed by atoms with Gasteiger partial charge in [-0.05, 0) is 47.2 Å². The molecule has 1 aliphatic rings. The Hall–Kier alpha value is -0.220. The molecule has 2 nitrogen and oxygen atoms in total. The molecule has 1 heterocycles. The van der Waals surface area contributed by atoms with Crippen molar-refractivity contribution in [1.29, 1.82) is 0 Å². The number of rotatable bonds is 3. The maximum absolute atomic E-state index is 4.34. The molecule has 0 aromatic carbocycles. The molecule has 0 radical (unpaired) electrons. The van der Waals surface area contributed by atoms with Crippen molar-refractivity contribution in [3.05, 3.63) is 22.8 Å². The minimum atomic E-state index is 0.575. The molecule has 4 heteroatoms. The lowest BCUT2D eigenvalue weighted by Gasteiger charge is -2.20. The van der Waals surface area contributed by atoms with Crippen LogP contribution in [0.4, 0.5) is 5.82 Å². The summed E-state index contributed by atoms with van der Waals surface area (Å²) in [6, 6.07) is 4.54. The van der Waals surface area contributed by atoms with Gasteiger partial charge in [0.25, 0.3) is 0 Å². The molecule has 2 atom stereocenters. The smallest absolute Gasteiger partial charge is 0.140 e. The second-order valence-corrected chi connectivity index (χ2v) is 5.72. The van der Waals surface area contributed by atoms with E-state index in [1.165, 1.54) is 19.3 Å². The van der Waals surface area contributed by atoms with Crippen LogP contribution < -0.4 is 5.32 Å². The summed E-state index contributed by atoms with van der Waals surface area (Å²) < 4.78 is 1.05. The minimum absolute atomic E-state index is 0.575. The topological polar surface area (TPSA) is 24.9 Å². The van der Waals surface area contributed by atoms with Gasteiger partial charge < -0.3 is 5.32 Å². The third-order valence-corrected chi connectivity index (χ3v) is 4.65. The first kappa shape index (κ1) is 11.3. The third kappa shape index (κ3) is 2.67. The summed E-state index contributed by atoms with van der Waals surface area (Å²) in [6.07, 6.45) is 7.93. The number of nitrogens with one attached hydrogen (secondary N) is 1. The number of nitrogens with zero attached hydrogens (tertiary/aromatic N) is 1. The maximum atomic E-state index is 4.34. The predicted molar refractivity (Wildman–Crippen MR) is 70.5 cm³/mol. The van der Waals surface area contributed by atoms with Crippen molar-refractivity contribution in [3.63, 3.8) is 0 Å². The molecular formula is C11H15BrN2S. The molecule has 1 aliphatic carbocycles. The third-order valence-electron chi connectivity index (χ3n) is 2.84. The van der Waals surface area contributed by atoms with Crippen molar-refractivity contribution in [2.75, 3.05) is 11.6 Å². The van der Waals surface area contributed by atoms with E-state index in [4.69, 9.17) is 0 Å². The summed E-state index contributed by atoms with van der Waals surface area (Å²) in [5.74, 6) is 0.975. The summed E-state index contributed by atoms with van der Waals surface area (Å²) in [6.45, 7) is 0. The van der Waals surface area contributed by atoms with Crippen molar-refractivity contribution in [1.82, 2.24) is 4.98 Å². The van der Waals surface area contributed by atoms with Crippen LogP contribution in [0.3, 0.4) is 0 Å². The lowest BCUT2D eigenvalue weighted by atomic mass is 10.2. The molecule has 1 aromatic heterocycles. The highest BCUT2D eigenvalue weighted by Crippen LogP contribution is 2.31. The molecule has 0 aliphatic heterocycles. The number of anilines is 1. The van der Waals surface area contributed by atoms with Gasteiger partial charge in [0.05, 0.1) is 4.47 Å². The zero-order chi connectivity index (χ0) is 10.7. The van der Waals surface area contributed by atoms with Crippen molar-refractivity contribution >= 4 is 33.5 Å². The van der Waals surface area contributed by atoms with Crippen molar-refractivity contribution in [3.8, 4) is 0 Å². The SMILES string of the molecule is CSC1CCCC1Nc1ncccc1Br. The Bertz CT molecular complexity index is 332. The molecule has 1 N–H and O–H groups in total. The van der Waals surface area contributed by atoms with Gasteiger partial charge in [0.2, 0.25) is 0 Å². The predicted octanol–water partition coefficient (Wildman–Crippen LogP) is 3.54. The Labute approximate surface area is 103 Å². The highest BCUT2D eigenvalue weighted by Gasteiger charge is 2.26. The van der Waals surface area contributed by atoms with Crippen LogP contribution >= 0.6 is 27.7 Å². The fourth-order valence-corrected chi connectivity index (χ4v) is 3.35. The molecule has 1 aromatic rings. The standard InChI is InChI=1S/C11H15BrN2S/c1-15-10-6-2-5-9(10)14-11-8(12)4-3-7-13-11/h3-4,7,9-10H,2,5-6H2,1H3,(H,13,14). The Morgan fingerprint density at radius 1 is 1.53 bits per heavy atom. The average molecular weight is 287 g/mol. The summed E-state index contributed by atoms with van der Waals surface area (Å²) in [4.78, 5) is 4.34. The van der Waals surface area contributed by atoms with Crippen LogP contribution in [0.25, 0.3) is 0 Å². The second-order valence-electron chi connectivity index (χ2n) is 3.79. The van der Waals surface area contributed by atoms with Gasteiger partial charge in [-0.3, -0.25) is 0 Å². The van der Waals surface area contributed by atoms with Crippen LogP contribution in [0.2, 0.25) is 0 Å². The first-order valence-electron chi connectivity index (χ1n) is 5.21. The summed E-state index contributed by atoms with van der Waals surface area (Å²) in [5.41, 5.74) is 0. The van der Waals surface area contributed by atoms with Gasteiger partial charge in [-0.1, -0.05) is 6.42 Å². The fraction of sp³-hybridized carbons (Fsp3) is 0.545. The summed E-state index contributed by atoms with van der Waals surface area (Å²) >= 11 is 5.47. The van der Waals surface area contributed by atoms with Crippen LogP contribution in [0.1, 0.15) is 19.3 Å². The maximum Gasteiger partial charge on any atom is 0.140 e. The normalized spacial score (nSPS) is 25.5. The van der Waals surface area contributed by atoms with E-state index in [1.807, 2.05) is 30.1 Å². The lowest BCUT2D eigenvalue weighted by Crippen LogP contribution is -2.26. The highest BCUT2D eigenvalue weighted by molar-refractivity contribution is 9.10. The minimum Gasteiger partial charge on any atom is -0.365 e. The van der Waals surface area contributed by atoms with Gasteiger partial charge in [-0.25, -0.2) is 4.98 Å². The van der Waals surface area contributed by atoms with Crippen LogP contribution in [0, 0.1) is 0 Å². The van der Waals surface area contributed by atoms with Crippen molar-refractivity contribution in [2.45, 2.75) is 30.6 Å². The van der Waals surface area contributed by atoms with Gasteiger partial charge in [0.1, 0.15) is 5.82 Å². The summed E-state index contributed by atoms with van der Waals surface area (Å²) in [7, 11) is 0. The van der Waals surface area contributed by atoms with E-state index in [2.05, 4.69) is 32.5 Å². The molecule has 1 fully saturated rings. The molecule has 15 heavy (non-hydrogen) atoms. The number of aromatic nitrogens is 1. The van der Waals surface area contributed by atoms with Crippen LogP contribution in [-0.4, -0.2) is 22.5 Å². The monoisotopic (exact) mass is 286 g/mol. The molecule has 0 amide bonds. The van der Waals surface area contributed by atoms with E-state index >= 15 is 0 Å². The van der Waals surface area contributed by atoms with E-state index in [0.29, 0.717) is 6.04 Å². The molecule has 0 saturated heterocycles. The number of thioether (sulfide) groups is 1. The van der Waals surface area contributed by atoms with E-state index in [1.54, 1.807) is 0 Å². The van der Waals surface area contributed by atoms with E-state index in [0.717, 1.165) is 15.5 Å². The van der Waals surface area contributed by atoms with Crippen molar-refractivity contribution < 1.29 is 0 Å². The van der Waals surface area contributed by atoms with Gasteiger partial charge in [0.15, 0.2) is 0 Å². The van der Waals surface area contributed by atoms with Crippen LogP contribution in [0.15, 0.2) is 22.8 Å². The highest BCUT2D eigenvalue weighted by atomic mass is 79.9. The molecule has 2 unspecified atom stereocenters. The quantitative estimate of drug-likeness (QED) is 0.920. The Morgan fingerprint density at radius 3 is 3.13 bits per heavy atom. The fourth-order valence-electron chi connectivity index (χ4n) is 2.04. The molecule has 2 rings (SSSR count). The number of halogens is 1. The van der Waals surface area contributed by atoms with E-state index in [9.17, 15) is 0 Å². The molecule has 0 bridgehead atoms. The van der Waals surface area contributed by atoms with E-state index < -0.39 is 0 Å². The first-order valence-corrected chi connectivity index (χ1v) is 7.29. The Kier molecular flexibility index (Phi) is 3.92. The molecule has 0 spiro atoms. The lowest BCUT2D eigenvalue weighted by molar-refractivity contribution is 0.762. The van der Waals surface area contributed by atoms with Gasteiger partial charge in [-0.2, -0.15) is 11.8 Å².